The average Bonchev–Trinajstić information content (AvgIpc) is 2.85. The molecule has 112 valence electrons. The molecule has 0 spiro atoms. The third-order valence-electron chi connectivity index (χ3n) is 4.01. The van der Waals surface area contributed by atoms with Crippen LogP contribution in [0.25, 0.3) is 0 Å². The lowest BCUT2D eigenvalue weighted by Gasteiger charge is -2.17. The Morgan fingerprint density at radius 1 is 1.35 bits per heavy atom. The van der Waals surface area contributed by atoms with Crippen molar-refractivity contribution in [2.45, 2.75) is 26.7 Å². The molecular formula is C17H27FN2. The van der Waals surface area contributed by atoms with Gasteiger partial charge in [-0.15, -0.1) is 0 Å². The molecule has 1 aromatic carbocycles. The van der Waals surface area contributed by atoms with Crippen LogP contribution in [-0.2, 0) is 6.42 Å². The molecule has 1 aromatic rings. The number of rotatable bonds is 7. The second-order valence-electron chi connectivity index (χ2n) is 6.35. The minimum atomic E-state index is -0.0677. The average molecular weight is 278 g/mol. The second kappa shape index (κ2) is 7.75. The Balaban J connectivity index is 1.67. The van der Waals surface area contributed by atoms with Gasteiger partial charge in [0.15, 0.2) is 0 Å². The molecule has 1 fully saturated rings. The van der Waals surface area contributed by atoms with Crippen LogP contribution in [0, 0.1) is 17.7 Å². The van der Waals surface area contributed by atoms with Crippen LogP contribution in [-0.4, -0.2) is 37.6 Å². The molecule has 1 aliphatic heterocycles. The number of nitrogens with zero attached hydrogens (tertiary/aromatic N) is 1. The molecule has 20 heavy (non-hydrogen) atoms. The molecule has 0 aromatic heterocycles. The fourth-order valence-corrected chi connectivity index (χ4v) is 2.84. The molecular weight excluding hydrogens is 251 g/mol. The van der Waals surface area contributed by atoms with Crippen molar-refractivity contribution in [1.29, 1.82) is 0 Å². The molecule has 1 unspecified atom stereocenters. The van der Waals surface area contributed by atoms with Gasteiger partial charge in [-0.25, -0.2) is 4.39 Å². The Morgan fingerprint density at radius 3 is 2.90 bits per heavy atom. The van der Waals surface area contributed by atoms with E-state index in [-0.39, 0.29) is 5.82 Å². The van der Waals surface area contributed by atoms with Crippen molar-refractivity contribution < 1.29 is 4.39 Å². The molecule has 1 aliphatic rings. The van der Waals surface area contributed by atoms with E-state index in [1.807, 2.05) is 12.1 Å². The topological polar surface area (TPSA) is 15.3 Å². The molecule has 1 atom stereocenters. The summed E-state index contributed by atoms with van der Waals surface area (Å²) in [4.78, 5) is 2.47. The molecule has 0 radical (unpaired) electrons. The highest BCUT2D eigenvalue weighted by Crippen LogP contribution is 2.16. The first-order valence-electron chi connectivity index (χ1n) is 7.81. The van der Waals surface area contributed by atoms with Crippen LogP contribution in [0.2, 0.25) is 0 Å². The highest BCUT2D eigenvalue weighted by atomic mass is 19.1. The Morgan fingerprint density at radius 2 is 2.15 bits per heavy atom. The van der Waals surface area contributed by atoms with Crippen LogP contribution in [0.1, 0.15) is 25.8 Å². The Hall–Kier alpha value is -0.930. The van der Waals surface area contributed by atoms with Gasteiger partial charge in [-0.2, -0.15) is 0 Å². The van der Waals surface area contributed by atoms with E-state index in [1.54, 1.807) is 12.1 Å². The van der Waals surface area contributed by atoms with E-state index in [0.717, 1.165) is 50.6 Å². The van der Waals surface area contributed by atoms with Crippen molar-refractivity contribution in [2.24, 2.45) is 11.8 Å². The standard InChI is InChI=1S/C17H27FN2/c1-14(2)11-19-12-15-7-9-20(13-15)10-8-16-5-3-4-6-17(16)18/h3-6,14-15,19H,7-13H2,1-2H3. The molecule has 0 bridgehead atoms. The highest BCUT2D eigenvalue weighted by molar-refractivity contribution is 5.17. The van der Waals surface area contributed by atoms with Crippen molar-refractivity contribution in [1.82, 2.24) is 10.2 Å². The van der Waals surface area contributed by atoms with Crippen LogP contribution in [0.5, 0.6) is 0 Å². The summed E-state index contributed by atoms with van der Waals surface area (Å²) < 4.78 is 13.6. The van der Waals surface area contributed by atoms with Crippen LogP contribution >= 0.6 is 0 Å². The minimum Gasteiger partial charge on any atom is -0.316 e. The molecule has 1 N–H and O–H groups in total. The van der Waals surface area contributed by atoms with Gasteiger partial charge in [0, 0.05) is 13.1 Å². The molecule has 2 nitrogen and oxygen atoms in total. The lowest BCUT2D eigenvalue weighted by Crippen LogP contribution is -2.29. The maximum atomic E-state index is 13.6. The zero-order valence-corrected chi connectivity index (χ0v) is 12.7. The number of hydrogen-bond acceptors (Lipinski definition) is 2. The van der Waals surface area contributed by atoms with E-state index in [2.05, 4.69) is 24.1 Å². The minimum absolute atomic E-state index is 0.0677. The van der Waals surface area contributed by atoms with Crippen LogP contribution in [0.15, 0.2) is 24.3 Å². The lowest BCUT2D eigenvalue weighted by molar-refractivity contribution is 0.323. The summed E-state index contributed by atoms with van der Waals surface area (Å²) in [6, 6.07) is 7.12. The smallest absolute Gasteiger partial charge is 0.126 e. The SMILES string of the molecule is CC(C)CNCC1CCN(CCc2ccccc2F)C1. The quantitative estimate of drug-likeness (QED) is 0.825. The monoisotopic (exact) mass is 278 g/mol. The first kappa shape index (κ1) is 15.5. The fraction of sp³-hybridized carbons (Fsp3) is 0.647. The van der Waals surface area contributed by atoms with Gasteiger partial charge in [0.1, 0.15) is 5.82 Å². The molecule has 0 saturated carbocycles. The van der Waals surface area contributed by atoms with Crippen molar-refractivity contribution >= 4 is 0 Å². The Labute approximate surface area is 122 Å². The third kappa shape index (κ3) is 4.88. The van der Waals surface area contributed by atoms with Crippen LogP contribution in [0.4, 0.5) is 4.39 Å². The normalized spacial score (nSPS) is 19.9. The van der Waals surface area contributed by atoms with Gasteiger partial charge in [-0.3, -0.25) is 0 Å². The van der Waals surface area contributed by atoms with Crippen LogP contribution < -0.4 is 5.32 Å². The Kier molecular flexibility index (Phi) is 5.99. The van der Waals surface area contributed by atoms with Gasteiger partial charge in [0.25, 0.3) is 0 Å². The molecule has 3 heteroatoms. The summed E-state index contributed by atoms with van der Waals surface area (Å²) >= 11 is 0. The molecule has 2 rings (SSSR count). The number of nitrogens with one attached hydrogen (secondary N) is 1. The third-order valence-corrected chi connectivity index (χ3v) is 4.01. The van der Waals surface area contributed by atoms with E-state index in [4.69, 9.17) is 0 Å². The fourth-order valence-electron chi connectivity index (χ4n) is 2.84. The molecule has 0 amide bonds. The van der Waals surface area contributed by atoms with Gasteiger partial charge < -0.3 is 10.2 Å². The van der Waals surface area contributed by atoms with Crippen molar-refractivity contribution in [3.05, 3.63) is 35.6 Å². The number of hydrogen-bond donors (Lipinski definition) is 1. The van der Waals surface area contributed by atoms with E-state index >= 15 is 0 Å². The summed E-state index contributed by atoms with van der Waals surface area (Å²) in [7, 11) is 0. The van der Waals surface area contributed by atoms with E-state index in [1.165, 1.54) is 6.42 Å². The van der Waals surface area contributed by atoms with Crippen molar-refractivity contribution in [3.63, 3.8) is 0 Å². The van der Waals surface area contributed by atoms with Crippen molar-refractivity contribution in [3.8, 4) is 0 Å². The number of halogens is 1. The predicted octanol–water partition coefficient (Wildman–Crippen LogP) is 2.94. The number of likely N-dealkylation sites (tertiary alicyclic amines) is 1. The van der Waals surface area contributed by atoms with Gasteiger partial charge in [0.05, 0.1) is 0 Å². The predicted molar refractivity (Wildman–Crippen MR) is 82.4 cm³/mol. The maximum absolute atomic E-state index is 13.6. The van der Waals surface area contributed by atoms with Crippen molar-refractivity contribution in [2.75, 3.05) is 32.7 Å². The summed E-state index contributed by atoms with van der Waals surface area (Å²) in [6.45, 7) is 9.98. The largest absolute Gasteiger partial charge is 0.316 e. The van der Waals surface area contributed by atoms with E-state index < -0.39 is 0 Å². The van der Waals surface area contributed by atoms with Gasteiger partial charge in [-0.1, -0.05) is 32.0 Å². The highest BCUT2D eigenvalue weighted by Gasteiger charge is 2.21. The zero-order chi connectivity index (χ0) is 14.4. The first-order chi connectivity index (χ1) is 9.65. The van der Waals surface area contributed by atoms with Gasteiger partial charge in [-0.05, 0) is 55.9 Å². The molecule has 1 heterocycles. The van der Waals surface area contributed by atoms with E-state index in [0.29, 0.717) is 5.92 Å². The van der Waals surface area contributed by atoms with Gasteiger partial charge >= 0.3 is 0 Å². The maximum Gasteiger partial charge on any atom is 0.126 e. The second-order valence-corrected chi connectivity index (χ2v) is 6.35. The van der Waals surface area contributed by atoms with Crippen LogP contribution in [0.3, 0.4) is 0 Å². The van der Waals surface area contributed by atoms with Gasteiger partial charge in [0.2, 0.25) is 0 Å². The lowest BCUT2D eigenvalue weighted by atomic mass is 10.1. The molecule has 0 aliphatic carbocycles. The van der Waals surface area contributed by atoms with E-state index in [9.17, 15) is 4.39 Å². The summed E-state index contributed by atoms with van der Waals surface area (Å²) in [6.07, 6.45) is 2.08. The summed E-state index contributed by atoms with van der Waals surface area (Å²) in [5, 5.41) is 3.54. The zero-order valence-electron chi connectivity index (χ0n) is 12.7. The Bertz CT molecular complexity index is 406. The molecule has 1 saturated heterocycles. The first-order valence-corrected chi connectivity index (χ1v) is 7.81. The summed E-state index contributed by atoms with van der Waals surface area (Å²) in [5.74, 6) is 1.41. The number of benzene rings is 1. The summed E-state index contributed by atoms with van der Waals surface area (Å²) in [5.41, 5.74) is 0.842.